The molecule has 0 atom stereocenters. The first-order valence-electron chi connectivity index (χ1n) is 8.04. The summed E-state index contributed by atoms with van der Waals surface area (Å²) in [5.74, 6) is 0. The number of hydrogen-bond donors (Lipinski definition) is 0. The molecule has 25 heavy (non-hydrogen) atoms. The normalized spacial score (nSPS) is 11.0. The summed E-state index contributed by atoms with van der Waals surface area (Å²) in [5, 5.41) is 0. The van der Waals surface area contributed by atoms with Crippen molar-refractivity contribution in [2.75, 3.05) is 0 Å². The molecule has 128 valence electrons. The Balaban J connectivity index is 1.82. The van der Waals surface area contributed by atoms with Crippen molar-refractivity contribution >= 4 is 47.8 Å². The van der Waals surface area contributed by atoms with Gasteiger partial charge in [0.15, 0.2) is 0 Å². The summed E-state index contributed by atoms with van der Waals surface area (Å²) in [5.41, 5.74) is 3.91. The van der Waals surface area contributed by atoms with Crippen LogP contribution in [-0.4, -0.2) is 4.90 Å². The molecule has 3 aromatic rings. The fraction of sp³-hybridized carbons (Fsp3) is 0.143. The molecule has 3 rings (SSSR count). The van der Waals surface area contributed by atoms with Crippen molar-refractivity contribution in [2.24, 2.45) is 0 Å². The summed E-state index contributed by atoms with van der Waals surface area (Å²) in [4.78, 5) is 2.46. The van der Waals surface area contributed by atoms with E-state index in [4.69, 9.17) is 0 Å². The van der Waals surface area contributed by atoms with Gasteiger partial charge in [-0.05, 0) is 53.1 Å². The van der Waals surface area contributed by atoms with Crippen molar-refractivity contribution in [1.29, 1.82) is 0 Å². The lowest BCUT2D eigenvalue weighted by Gasteiger charge is -2.23. The van der Waals surface area contributed by atoms with Crippen LogP contribution in [0.3, 0.4) is 0 Å². The van der Waals surface area contributed by atoms with Gasteiger partial charge in [-0.3, -0.25) is 4.90 Å². The molecule has 0 saturated carbocycles. The Labute approximate surface area is 174 Å². The molecule has 0 aliphatic carbocycles. The quantitative estimate of drug-likeness (QED) is 0.331. The van der Waals surface area contributed by atoms with E-state index in [1.807, 2.05) is 0 Å². The minimum absolute atomic E-state index is 0.901. The fourth-order valence-corrected chi connectivity index (χ4v) is 4.19. The summed E-state index contributed by atoms with van der Waals surface area (Å²) in [6, 6.07) is 25.6. The minimum atomic E-state index is 0.901. The summed E-state index contributed by atoms with van der Waals surface area (Å²) in [7, 11) is 0. The van der Waals surface area contributed by atoms with E-state index in [0.29, 0.717) is 0 Å². The third-order valence-electron chi connectivity index (χ3n) is 3.89. The number of halogens is 3. The Kier molecular flexibility index (Phi) is 6.88. The zero-order valence-electron chi connectivity index (χ0n) is 13.6. The number of benzene rings is 3. The summed E-state index contributed by atoms with van der Waals surface area (Å²) >= 11 is 10.7. The van der Waals surface area contributed by atoms with Gasteiger partial charge in [-0.15, -0.1) is 0 Å². The molecule has 1 nitrogen and oxygen atoms in total. The van der Waals surface area contributed by atoms with Crippen LogP contribution in [0.1, 0.15) is 16.7 Å². The maximum absolute atomic E-state index is 3.57. The third-order valence-corrected chi connectivity index (χ3v) is 5.37. The molecule has 0 aromatic heterocycles. The van der Waals surface area contributed by atoms with E-state index >= 15 is 0 Å². The van der Waals surface area contributed by atoms with E-state index in [9.17, 15) is 0 Å². The van der Waals surface area contributed by atoms with Crippen LogP contribution in [-0.2, 0) is 19.6 Å². The van der Waals surface area contributed by atoms with Crippen molar-refractivity contribution in [2.45, 2.75) is 19.6 Å². The van der Waals surface area contributed by atoms with Gasteiger partial charge in [0.25, 0.3) is 0 Å². The summed E-state index contributed by atoms with van der Waals surface area (Å²) in [6.45, 7) is 2.70. The fourth-order valence-electron chi connectivity index (χ4n) is 2.85. The first kappa shape index (κ1) is 18.8. The van der Waals surface area contributed by atoms with Crippen molar-refractivity contribution in [3.63, 3.8) is 0 Å². The Hall–Kier alpha value is -0.940. The molecular formula is C21H18Br3N. The first-order chi connectivity index (χ1) is 12.1. The molecule has 0 spiro atoms. The monoisotopic (exact) mass is 521 g/mol. The third kappa shape index (κ3) is 6.07. The summed E-state index contributed by atoms with van der Waals surface area (Å²) < 4.78 is 3.36. The van der Waals surface area contributed by atoms with E-state index < -0.39 is 0 Å². The van der Waals surface area contributed by atoms with Crippen LogP contribution < -0.4 is 0 Å². The van der Waals surface area contributed by atoms with Crippen molar-refractivity contribution in [1.82, 2.24) is 4.90 Å². The second kappa shape index (κ2) is 9.13. The number of nitrogens with zero attached hydrogens (tertiary/aromatic N) is 1. The van der Waals surface area contributed by atoms with Gasteiger partial charge in [0.2, 0.25) is 0 Å². The standard InChI is InChI=1S/C21H18Br3N/c22-19-7-1-4-16(10-19)13-25(14-17-5-2-8-20(23)11-17)15-18-6-3-9-21(24)12-18/h1-12H,13-15H2. The zero-order valence-corrected chi connectivity index (χ0v) is 18.4. The van der Waals surface area contributed by atoms with Crippen LogP contribution in [0.25, 0.3) is 0 Å². The highest BCUT2D eigenvalue weighted by Gasteiger charge is 2.09. The highest BCUT2D eigenvalue weighted by atomic mass is 79.9. The molecule has 0 N–H and O–H groups in total. The van der Waals surface area contributed by atoms with Gasteiger partial charge < -0.3 is 0 Å². The molecule has 0 bridgehead atoms. The topological polar surface area (TPSA) is 3.24 Å². The predicted molar refractivity (Wildman–Crippen MR) is 115 cm³/mol. The van der Waals surface area contributed by atoms with E-state index in [0.717, 1.165) is 33.1 Å². The Morgan fingerprint density at radius 2 is 0.840 bits per heavy atom. The zero-order chi connectivity index (χ0) is 17.6. The first-order valence-corrected chi connectivity index (χ1v) is 10.4. The lowest BCUT2D eigenvalue weighted by atomic mass is 10.1. The van der Waals surface area contributed by atoms with E-state index in [2.05, 4.69) is 125 Å². The Morgan fingerprint density at radius 1 is 0.520 bits per heavy atom. The average Bonchev–Trinajstić information content (AvgIpc) is 2.55. The van der Waals surface area contributed by atoms with Gasteiger partial charge in [0.1, 0.15) is 0 Å². The molecule has 0 radical (unpaired) electrons. The molecule has 0 unspecified atom stereocenters. The van der Waals surface area contributed by atoms with Crippen LogP contribution in [0.15, 0.2) is 86.2 Å². The maximum atomic E-state index is 3.57. The van der Waals surface area contributed by atoms with E-state index in [-0.39, 0.29) is 0 Å². The van der Waals surface area contributed by atoms with Gasteiger partial charge >= 0.3 is 0 Å². The van der Waals surface area contributed by atoms with E-state index in [1.165, 1.54) is 16.7 Å². The summed E-state index contributed by atoms with van der Waals surface area (Å²) in [6.07, 6.45) is 0. The van der Waals surface area contributed by atoms with Gasteiger partial charge in [0.05, 0.1) is 0 Å². The van der Waals surface area contributed by atoms with E-state index in [1.54, 1.807) is 0 Å². The van der Waals surface area contributed by atoms with Crippen LogP contribution in [0.4, 0.5) is 0 Å². The smallest absolute Gasteiger partial charge is 0.0241 e. The second-order valence-electron chi connectivity index (χ2n) is 6.03. The Morgan fingerprint density at radius 3 is 1.12 bits per heavy atom. The van der Waals surface area contributed by atoms with Gasteiger partial charge in [0, 0.05) is 33.1 Å². The molecule has 0 aliphatic rings. The molecular weight excluding hydrogens is 506 g/mol. The van der Waals surface area contributed by atoms with Crippen LogP contribution in [0.5, 0.6) is 0 Å². The molecule has 0 heterocycles. The predicted octanol–water partition coefficient (Wildman–Crippen LogP) is 7.18. The lowest BCUT2D eigenvalue weighted by molar-refractivity contribution is 0.247. The molecule has 0 fully saturated rings. The molecule has 0 amide bonds. The number of hydrogen-bond acceptors (Lipinski definition) is 1. The van der Waals surface area contributed by atoms with Crippen molar-refractivity contribution < 1.29 is 0 Å². The second-order valence-corrected chi connectivity index (χ2v) is 8.78. The number of rotatable bonds is 6. The highest BCUT2D eigenvalue weighted by molar-refractivity contribution is 9.11. The molecule has 3 aromatic carbocycles. The van der Waals surface area contributed by atoms with Gasteiger partial charge in [-0.2, -0.15) is 0 Å². The van der Waals surface area contributed by atoms with Gasteiger partial charge in [-0.1, -0.05) is 84.2 Å². The largest absolute Gasteiger partial charge is 0.291 e. The molecule has 4 heteroatoms. The minimum Gasteiger partial charge on any atom is -0.291 e. The van der Waals surface area contributed by atoms with Crippen LogP contribution in [0, 0.1) is 0 Å². The highest BCUT2D eigenvalue weighted by Crippen LogP contribution is 2.20. The lowest BCUT2D eigenvalue weighted by Crippen LogP contribution is -2.22. The average molecular weight is 524 g/mol. The maximum Gasteiger partial charge on any atom is 0.0241 e. The van der Waals surface area contributed by atoms with Crippen molar-refractivity contribution in [3.8, 4) is 0 Å². The van der Waals surface area contributed by atoms with Gasteiger partial charge in [-0.25, -0.2) is 0 Å². The molecule has 0 aliphatic heterocycles. The SMILES string of the molecule is Brc1cccc(CN(Cc2cccc(Br)c2)Cc2cccc(Br)c2)c1. The Bertz CT molecular complexity index is 735. The van der Waals surface area contributed by atoms with Crippen molar-refractivity contribution in [3.05, 3.63) is 103 Å². The molecule has 0 saturated heterocycles. The van der Waals surface area contributed by atoms with Crippen LogP contribution in [0.2, 0.25) is 0 Å². The van der Waals surface area contributed by atoms with Crippen LogP contribution >= 0.6 is 47.8 Å².